The van der Waals surface area contributed by atoms with Gasteiger partial charge < -0.3 is 15.0 Å². The first kappa shape index (κ1) is 13.2. The number of hydrogen-bond donors (Lipinski definition) is 1. The Balaban J connectivity index is 1.87. The number of piperidine rings is 1. The minimum atomic E-state index is 0.631. The maximum atomic E-state index is 5.22. The van der Waals surface area contributed by atoms with Crippen LogP contribution in [0.5, 0.6) is 5.88 Å². The zero-order chi connectivity index (χ0) is 12.8. The van der Waals surface area contributed by atoms with Crippen molar-refractivity contribution in [1.82, 2.24) is 20.2 Å². The second kappa shape index (κ2) is 6.66. The van der Waals surface area contributed by atoms with Crippen LogP contribution in [0, 0.1) is 5.92 Å². The van der Waals surface area contributed by atoms with E-state index in [2.05, 4.69) is 27.2 Å². The van der Waals surface area contributed by atoms with Crippen molar-refractivity contribution in [3.63, 3.8) is 0 Å². The Hall–Kier alpha value is -1.20. The molecule has 1 fully saturated rings. The van der Waals surface area contributed by atoms with Gasteiger partial charge in [-0.2, -0.15) is 0 Å². The summed E-state index contributed by atoms with van der Waals surface area (Å²) in [5, 5.41) is 3.45. The smallest absolute Gasteiger partial charge is 0.236 e. The molecule has 1 aliphatic heterocycles. The molecule has 100 valence electrons. The fourth-order valence-corrected chi connectivity index (χ4v) is 2.47. The molecule has 5 nitrogen and oxygen atoms in total. The van der Waals surface area contributed by atoms with Gasteiger partial charge in [-0.3, -0.25) is 4.98 Å². The minimum absolute atomic E-state index is 0.631. The van der Waals surface area contributed by atoms with Crippen LogP contribution in [-0.4, -0.2) is 48.7 Å². The molecule has 5 heteroatoms. The molecule has 0 amide bonds. The Morgan fingerprint density at radius 1 is 1.44 bits per heavy atom. The van der Waals surface area contributed by atoms with Gasteiger partial charge in [0.25, 0.3) is 0 Å². The normalized spacial score (nSPS) is 20.1. The number of hydrogen-bond acceptors (Lipinski definition) is 5. The van der Waals surface area contributed by atoms with Crippen LogP contribution in [0.2, 0.25) is 0 Å². The predicted octanol–water partition coefficient (Wildman–Crippen LogP) is 0.917. The van der Waals surface area contributed by atoms with E-state index in [4.69, 9.17) is 4.74 Å². The quantitative estimate of drug-likeness (QED) is 0.842. The van der Waals surface area contributed by atoms with Crippen molar-refractivity contribution in [2.75, 3.05) is 33.8 Å². The Labute approximate surface area is 109 Å². The van der Waals surface area contributed by atoms with E-state index < -0.39 is 0 Å². The molecule has 1 N–H and O–H groups in total. The number of nitrogens with one attached hydrogen (secondary N) is 1. The molecule has 0 aliphatic carbocycles. The topological polar surface area (TPSA) is 50.3 Å². The van der Waals surface area contributed by atoms with Crippen LogP contribution in [0.3, 0.4) is 0 Å². The van der Waals surface area contributed by atoms with Crippen molar-refractivity contribution in [2.24, 2.45) is 5.92 Å². The van der Waals surface area contributed by atoms with Crippen molar-refractivity contribution >= 4 is 0 Å². The van der Waals surface area contributed by atoms with Gasteiger partial charge in [0.05, 0.1) is 7.11 Å². The average molecular weight is 250 g/mol. The molecule has 1 aliphatic rings. The standard InChI is InChI=1S/C13H22N4O/c1-17(9-11-4-3-5-14-8-11)10-12-13(18-2)16-7-6-15-12/h6-7,11,14H,3-5,8-10H2,1-2H3. The maximum Gasteiger partial charge on any atom is 0.236 e. The Kier molecular flexibility index (Phi) is 4.90. The molecule has 1 saturated heterocycles. The second-order valence-corrected chi connectivity index (χ2v) is 4.92. The number of rotatable bonds is 5. The van der Waals surface area contributed by atoms with Gasteiger partial charge in [0.15, 0.2) is 0 Å². The summed E-state index contributed by atoms with van der Waals surface area (Å²) in [4.78, 5) is 10.8. The summed E-state index contributed by atoms with van der Waals surface area (Å²) in [5.74, 6) is 1.37. The highest BCUT2D eigenvalue weighted by atomic mass is 16.5. The maximum absolute atomic E-state index is 5.22. The second-order valence-electron chi connectivity index (χ2n) is 4.92. The highest BCUT2D eigenvalue weighted by Crippen LogP contribution is 2.15. The van der Waals surface area contributed by atoms with Gasteiger partial charge >= 0.3 is 0 Å². The van der Waals surface area contributed by atoms with E-state index in [1.54, 1.807) is 19.5 Å². The summed E-state index contributed by atoms with van der Waals surface area (Å²) in [6.45, 7) is 4.17. The van der Waals surface area contributed by atoms with Crippen LogP contribution < -0.4 is 10.1 Å². The van der Waals surface area contributed by atoms with E-state index in [0.717, 1.165) is 37.8 Å². The van der Waals surface area contributed by atoms with Gasteiger partial charge in [-0.05, 0) is 38.9 Å². The first-order valence-corrected chi connectivity index (χ1v) is 6.52. The lowest BCUT2D eigenvalue weighted by molar-refractivity contribution is 0.232. The van der Waals surface area contributed by atoms with Crippen LogP contribution in [-0.2, 0) is 6.54 Å². The van der Waals surface area contributed by atoms with E-state index in [9.17, 15) is 0 Å². The van der Waals surface area contributed by atoms with Gasteiger partial charge in [-0.25, -0.2) is 4.98 Å². The SMILES string of the molecule is COc1nccnc1CN(C)CC1CCCNC1. The molecule has 1 aromatic heterocycles. The van der Waals surface area contributed by atoms with Crippen molar-refractivity contribution in [1.29, 1.82) is 0 Å². The fraction of sp³-hybridized carbons (Fsp3) is 0.692. The molecule has 0 spiro atoms. The molecule has 0 aromatic carbocycles. The molecular formula is C13H22N4O. The van der Waals surface area contributed by atoms with E-state index in [-0.39, 0.29) is 0 Å². The van der Waals surface area contributed by atoms with Gasteiger partial charge in [-0.15, -0.1) is 0 Å². The average Bonchev–Trinajstić information content (AvgIpc) is 2.40. The molecule has 2 heterocycles. The third-order valence-electron chi connectivity index (χ3n) is 3.32. The third-order valence-corrected chi connectivity index (χ3v) is 3.32. The van der Waals surface area contributed by atoms with Gasteiger partial charge in [0, 0.05) is 25.5 Å². The predicted molar refractivity (Wildman–Crippen MR) is 70.5 cm³/mol. The van der Waals surface area contributed by atoms with Crippen LogP contribution >= 0.6 is 0 Å². The summed E-state index contributed by atoms with van der Waals surface area (Å²) >= 11 is 0. The number of ether oxygens (including phenoxy) is 1. The number of aromatic nitrogens is 2. The van der Waals surface area contributed by atoms with Crippen molar-refractivity contribution in [2.45, 2.75) is 19.4 Å². The lowest BCUT2D eigenvalue weighted by atomic mass is 9.99. The highest BCUT2D eigenvalue weighted by Gasteiger charge is 2.16. The number of nitrogens with zero attached hydrogens (tertiary/aromatic N) is 3. The van der Waals surface area contributed by atoms with Gasteiger partial charge in [-0.1, -0.05) is 0 Å². The van der Waals surface area contributed by atoms with Crippen LogP contribution in [0.25, 0.3) is 0 Å². The summed E-state index contributed by atoms with van der Waals surface area (Å²) in [7, 11) is 3.77. The van der Waals surface area contributed by atoms with Crippen LogP contribution in [0.4, 0.5) is 0 Å². The van der Waals surface area contributed by atoms with Crippen LogP contribution in [0.15, 0.2) is 12.4 Å². The molecule has 1 aromatic rings. The molecular weight excluding hydrogens is 228 g/mol. The first-order valence-electron chi connectivity index (χ1n) is 6.52. The summed E-state index contributed by atoms with van der Waals surface area (Å²) in [6.07, 6.45) is 5.98. The van der Waals surface area contributed by atoms with Crippen molar-refractivity contribution < 1.29 is 4.74 Å². The summed E-state index contributed by atoms with van der Waals surface area (Å²) < 4.78 is 5.22. The lowest BCUT2D eigenvalue weighted by Gasteiger charge is -2.27. The van der Waals surface area contributed by atoms with Crippen molar-refractivity contribution in [3.8, 4) is 5.88 Å². The zero-order valence-electron chi connectivity index (χ0n) is 11.2. The molecule has 1 atom stereocenters. The highest BCUT2D eigenvalue weighted by molar-refractivity contribution is 5.16. The van der Waals surface area contributed by atoms with E-state index in [1.807, 2.05) is 0 Å². The Morgan fingerprint density at radius 3 is 3.00 bits per heavy atom. The van der Waals surface area contributed by atoms with E-state index in [1.165, 1.54) is 12.8 Å². The molecule has 1 unspecified atom stereocenters. The fourth-order valence-electron chi connectivity index (χ4n) is 2.47. The molecule has 18 heavy (non-hydrogen) atoms. The minimum Gasteiger partial charge on any atom is -0.480 e. The molecule has 0 bridgehead atoms. The van der Waals surface area contributed by atoms with Crippen LogP contribution in [0.1, 0.15) is 18.5 Å². The molecule has 0 saturated carbocycles. The Bertz CT molecular complexity index is 366. The Morgan fingerprint density at radius 2 is 2.28 bits per heavy atom. The number of methoxy groups -OCH3 is 1. The monoisotopic (exact) mass is 250 g/mol. The third kappa shape index (κ3) is 3.65. The van der Waals surface area contributed by atoms with Gasteiger partial charge in [0.1, 0.15) is 5.69 Å². The summed E-state index contributed by atoms with van der Waals surface area (Å²) in [5.41, 5.74) is 0.909. The van der Waals surface area contributed by atoms with Crippen molar-refractivity contribution in [3.05, 3.63) is 18.1 Å². The first-order chi connectivity index (χ1) is 8.79. The van der Waals surface area contributed by atoms with E-state index in [0.29, 0.717) is 5.88 Å². The van der Waals surface area contributed by atoms with E-state index >= 15 is 0 Å². The molecule has 2 rings (SSSR count). The summed E-state index contributed by atoms with van der Waals surface area (Å²) in [6, 6.07) is 0. The largest absolute Gasteiger partial charge is 0.480 e. The lowest BCUT2D eigenvalue weighted by Crippen LogP contribution is -2.36. The van der Waals surface area contributed by atoms with Gasteiger partial charge in [0.2, 0.25) is 5.88 Å². The zero-order valence-corrected chi connectivity index (χ0v) is 11.2. The molecule has 0 radical (unpaired) electrons.